The van der Waals surface area contributed by atoms with Crippen LogP contribution in [0.2, 0.25) is 51.4 Å². The molecule has 12 nitrogen and oxygen atoms in total. The molecule has 0 unspecified atom stereocenters. The number of carbonyl (C=O) groups is 2. The number of carbonyl (C=O) groups excluding carboxylic acids is 2. The summed E-state index contributed by atoms with van der Waals surface area (Å²) in [6, 6.07) is 19.2. The highest BCUT2D eigenvalue weighted by Gasteiger charge is 2.57. The molecule has 2 saturated carbocycles. The van der Waals surface area contributed by atoms with Gasteiger partial charge in [0, 0.05) is 65.0 Å². The fraction of sp³-hybridized carbons (Fsp3) is 0.577. The molecule has 4 aromatic rings. The minimum absolute atomic E-state index is 0.157. The number of rotatable bonds is 16. The maximum Gasteiger partial charge on any atom is 0.411 e. The van der Waals surface area contributed by atoms with E-state index in [-0.39, 0.29) is 36.4 Å². The molecule has 2 aromatic heterocycles. The van der Waals surface area contributed by atoms with Gasteiger partial charge < -0.3 is 28.1 Å². The average Bonchev–Trinajstić information content (AvgIpc) is 3.87. The Balaban J connectivity index is 0.971. The summed E-state index contributed by atoms with van der Waals surface area (Å²) in [5.41, 5.74) is 4.75. The van der Waals surface area contributed by atoms with Gasteiger partial charge in [-0.3, -0.25) is 9.80 Å². The summed E-state index contributed by atoms with van der Waals surface area (Å²) in [6.07, 6.45) is 11.7. The first-order valence-corrected chi connectivity index (χ1v) is 31.6. The number of aromatic nitrogens is 4. The van der Waals surface area contributed by atoms with Gasteiger partial charge in [-0.25, -0.2) is 19.6 Å². The summed E-state index contributed by atoms with van der Waals surface area (Å²) in [7, 11) is -2.51. The van der Waals surface area contributed by atoms with Crippen LogP contribution in [0.4, 0.5) is 9.59 Å². The van der Waals surface area contributed by atoms with Gasteiger partial charge in [0.2, 0.25) is 0 Å². The van der Waals surface area contributed by atoms with Crippen molar-refractivity contribution in [3.05, 3.63) is 83.7 Å². The summed E-state index contributed by atoms with van der Waals surface area (Å²) < 4.78 is 28.5. The number of imidazole rings is 2. The second kappa shape index (κ2) is 18.5. The van der Waals surface area contributed by atoms with Crippen molar-refractivity contribution < 1.29 is 28.5 Å². The zero-order valence-electron chi connectivity index (χ0n) is 41.6. The lowest BCUT2D eigenvalue weighted by atomic mass is 10.1. The number of benzene rings is 2. The zero-order valence-corrected chi connectivity index (χ0v) is 43.6. The van der Waals surface area contributed by atoms with E-state index in [9.17, 15) is 9.59 Å². The van der Waals surface area contributed by atoms with E-state index < -0.39 is 27.3 Å². The van der Waals surface area contributed by atoms with Crippen molar-refractivity contribution in [2.45, 2.75) is 167 Å². The van der Waals surface area contributed by atoms with Crippen LogP contribution in [0, 0.1) is 11.8 Å². The van der Waals surface area contributed by atoms with Gasteiger partial charge in [-0.1, -0.05) is 100.0 Å². The van der Waals surface area contributed by atoms with Crippen molar-refractivity contribution in [2.24, 2.45) is 11.8 Å². The molecule has 8 rings (SSSR count). The number of hydrogen-bond donors (Lipinski definition) is 0. The Morgan fingerprint density at radius 1 is 0.591 bits per heavy atom. The monoisotopic (exact) mass is 935 g/mol. The molecule has 66 heavy (non-hydrogen) atoms. The van der Waals surface area contributed by atoms with Crippen molar-refractivity contribution in [3.63, 3.8) is 0 Å². The molecule has 0 bridgehead atoms. The highest BCUT2D eigenvalue weighted by molar-refractivity contribution is 6.76. The molecule has 0 N–H and O–H groups in total. The van der Waals surface area contributed by atoms with Gasteiger partial charge in [0.15, 0.2) is 0 Å². The quantitative estimate of drug-likeness (QED) is 0.0620. The highest BCUT2D eigenvalue weighted by Crippen LogP contribution is 2.55. The average molecular weight is 935 g/mol. The number of piperidine rings is 2. The molecular formula is C52H74N6O6Si2. The van der Waals surface area contributed by atoms with E-state index in [0.29, 0.717) is 38.5 Å². The van der Waals surface area contributed by atoms with E-state index in [0.717, 1.165) is 83.1 Å². The van der Waals surface area contributed by atoms with Gasteiger partial charge >= 0.3 is 12.2 Å². The number of fused-ring (bicyclic) bond motifs is 2. The molecule has 356 valence electrons. The predicted molar refractivity (Wildman–Crippen MR) is 267 cm³/mol. The Morgan fingerprint density at radius 3 is 1.29 bits per heavy atom. The molecule has 4 aliphatic rings. The molecule has 0 radical (unpaired) electrons. The number of hydrogen-bond acceptors (Lipinski definition) is 8. The molecule has 6 atom stereocenters. The van der Waals surface area contributed by atoms with E-state index in [1.165, 1.54) is 0 Å². The van der Waals surface area contributed by atoms with Crippen LogP contribution in [-0.2, 0) is 32.4 Å². The molecule has 4 fully saturated rings. The minimum Gasteiger partial charge on any atom is -0.444 e. The maximum absolute atomic E-state index is 13.5. The summed E-state index contributed by atoms with van der Waals surface area (Å²) in [5, 5.41) is 0. The van der Waals surface area contributed by atoms with Crippen LogP contribution in [0.1, 0.15) is 102 Å². The van der Waals surface area contributed by atoms with E-state index in [2.05, 4.69) is 121 Å². The number of likely N-dealkylation sites (tertiary alicyclic amines) is 2. The van der Waals surface area contributed by atoms with Crippen molar-refractivity contribution >= 4 is 40.5 Å². The van der Waals surface area contributed by atoms with Crippen LogP contribution in [0.15, 0.2) is 60.9 Å². The van der Waals surface area contributed by atoms with Crippen molar-refractivity contribution in [1.82, 2.24) is 28.9 Å². The standard InChI is InChI=1S/C52H74N6O6Si2/c1-51(2,3)63-49(59)57-43-27-39(43)29-45(57)47-53-41(31-55(47)33-61-23-25-65(7,8)9)37-19-15-35(16-20-37)13-14-36-17-21-38(22-18-36)42-32-56(34-62-24-26-66(10,11)12)48(54-42)46-30-40-28-44(40)58(46)50(60)64-52(4,5)6/h13-22,31-32,39-40,43-46H,23-30,33-34H2,1-12H3/b14-13+/t39-,40-,43-,44-,45+,46+/m1/s1. The summed E-state index contributed by atoms with van der Waals surface area (Å²) >= 11 is 0. The first-order valence-electron chi connectivity index (χ1n) is 24.2. The Bertz CT molecular complexity index is 2220. The normalized spacial score (nSPS) is 22.8. The Morgan fingerprint density at radius 2 is 0.955 bits per heavy atom. The third-order valence-corrected chi connectivity index (χ3v) is 16.4. The Hall–Kier alpha value is -4.51. The predicted octanol–water partition coefficient (Wildman–Crippen LogP) is 12.3. The van der Waals surface area contributed by atoms with Gasteiger partial charge in [0.05, 0.1) is 23.5 Å². The van der Waals surface area contributed by atoms with Crippen LogP contribution in [-0.4, -0.2) is 93.7 Å². The first-order chi connectivity index (χ1) is 31.0. The topological polar surface area (TPSA) is 113 Å². The van der Waals surface area contributed by atoms with E-state index in [1.54, 1.807) is 0 Å². The highest BCUT2D eigenvalue weighted by atomic mass is 28.3. The molecule has 0 spiro atoms. The summed E-state index contributed by atoms with van der Waals surface area (Å²) in [4.78, 5) is 41.4. The lowest BCUT2D eigenvalue weighted by Gasteiger charge is -2.30. The number of amides is 2. The summed E-state index contributed by atoms with van der Waals surface area (Å²) in [5.74, 6) is 2.68. The van der Waals surface area contributed by atoms with Crippen LogP contribution >= 0.6 is 0 Å². The number of nitrogens with zero attached hydrogens (tertiary/aromatic N) is 6. The second-order valence-electron chi connectivity index (χ2n) is 23.6. The minimum atomic E-state index is -1.26. The van der Waals surface area contributed by atoms with Gasteiger partial charge in [0.25, 0.3) is 0 Å². The van der Waals surface area contributed by atoms with Crippen molar-refractivity contribution in [3.8, 4) is 22.5 Å². The number of ether oxygens (including phenoxy) is 4. The van der Waals surface area contributed by atoms with Crippen LogP contribution < -0.4 is 0 Å². The molecule has 2 saturated heterocycles. The van der Waals surface area contributed by atoms with Gasteiger partial charge in [-0.15, -0.1) is 0 Å². The molecule has 2 aliphatic heterocycles. The zero-order chi connectivity index (χ0) is 47.3. The summed E-state index contributed by atoms with van der Waals surface area (Å²) in [6.45, 7) is 27.9. The molecule has 14 heteroatoms. The van der Waals surface area contributed by atoms with Gasteiger partial charge in [0.1, 0.15) is 36.3 Å². The van der Waals surface area contributed by atoms with Crippen molar-refractivity contribution in [2.75, 3.05) is 13.2 Å². The Labute approximate surface area is 395 Å². The molecule has 4 heterocycles. The molecule has 2 amide bonds. The molecule has 2 aromatic carbocycles. The van der Waals surface area contributed by atoms with Crippen LogP contribution in [0.5, 0.6) is 0 Å². The van der Waals surface area contributed by atoms with Gasteiger partial charge in [-0.2, -0.15) is 0 Å². The third-order valence-electron chi connectivity index (χ3n) is 13.0. The largest absolute Gasteiger partial charge is 0.444 e. The fourth-order valence-electron chi connectivity index (χ4n) is 9.21. The lowest BCUT2D eigenvalue weighted by Crippen LogP contribution is -2.39. The lowest BCUT2D eigenvalue weighted by molar-refractivity contribution is 0.0149. The second-order valence-corrected chi connectivity index (χ2v) is 34.8. The molecular weight excluding hydrogens is 861 g/mol. The smallest absolute Gasteiger partial charge is 0.411 e. The van der Waals surface area contributed by atoms with Crippen LogP contribution in [0.25, 0.3) is 34.7 Å². The fourth-order valence-corrected chi connectivity index (χ4v) is 10.7. The molecule has 2 aliphatic carbocycles. The van der Waals surface area contributed by atoms with Crippen molar-refractivity contribution in [1.29, 1.82) is 0 Å². The van der Waals surface area contributed by atoms with E-state index in [1.807, 2.05) is 51.3 Å². The maximum atomic E-state index is 13.5. The third kappa shape index (κ3) is 12.0. The van der Waals surface area contributed by atoms with Gasteiger partial charge in [-0.05, 0) is 102 Å². The Kier molecular flexibility index (Phi) is 13.5. The van der Waals surface area contributed by atoms with Crippen LogP contribution in [0.3, 0.4) is 0 Å². The SMILES string of the molecule is CC(C)(C)OC(=O)N1[C@@H]2C[C@@H]2C[C@H]1c1nc(-c2ccc(/C=C/c3ccc(-c4cn(COCC[Si](C)(C)C)c([C@@H]5C[C@H]6C[C@H]6N5C(=O)OC(C)(C)C)n4)cc3)cc2)cn1COCC[Si](C)(C)C. The first kappa shape index (κ1) is 48.0. The van der Waals surface area contributed by atoms with E-state index >= 15 is 0 Å². The van der Waals surface area contributed by atoms with E-state index in [4.69, 9.17) is 28.9 Å².